The summed E-state index contributed by atoms with van der Waals surface area (Å²) in [6.07, 6.45) is 5.19. The van der Waals surface area contributed by atoms with Gasteiger partial charge in [0.25, 0.3) is 0 Å². The number of rotatable bonds is 6. The van der Waals surface area contributed by atoms with Crippen LogP contribution in [0.3, 0.4) is 0 Å². The number of carbonyl (C=O) groups excluding carboxylic acids is 1. The molecule has 132 valence electrons. The molecule has 0 aliphatic carbocycles. The van der Waals surface area contributed by atoms with Gasteiger partial charge in [-0.2, -0.15) is 11.8 Å². The van der Waals surface area contributed by atoms with Crippen LogP contribution in [-0.2, 0) is 4.79 Å². The van der Waals surface area contributed by atoms with Gasteiger partial charge in [0.2, 0.25) is 5.91 Å². The molecule has 0 radical (unpaired) electrons. The first-order valence-electron chi connectivity index (χ1n) is 7.88. The van der Waals surface area contributed by atoms with E-state index in [1.165, 1.54) is 12.8 Å². The van der Waals surface area contributed by atoms with Crippen LogP contribution >= 0.6 is 35.5 Å². The number of thioether (sulfide) groups is 1. The van der Waals surface area contributed by atoms with Crippen molar-refractivity contribution in [3.05, 3.63) is 18.2 Å². The van der Waals surface area contributed by atoms with Crippen LogP contribution in [0.25, 0.3) is 10.2 Å². The Bertz CT molecular complexity index is 688. The number of benzene rings is 1. The van der Waals surface area contributed by atoms with Crippen molar-refractivity contribution in [3.63, 3.8) is 0 Å². The van der Waals surface area contributed by atoms with E-state index in [1.807, 2.05) is 24.5 Å². The zero-order chi connectivity index (χ0) is 16.2. The van der Waals surface area contributed by atoms with E-state index in [4.69, 9.17) is 10.7 Å². The van der Waals surface area contributed by atoms with Crippen LogP contribution in [0.4, 0.5) is 10.8 Å². The van der Waals surface area contributed by atoms with Crippen LogP contribution in [-0.4, -0.2) is 42.0 Å². The summed E-state index contributed by atoms with van der Waals surface area (Å²) in [4.78, 5) is 19.1. The molecule has 1 saturated heterocycles. The lowest BCUT2D eigenvalue weighted by Gasteiger charge is -2.11. The standard InChI is InChI=1S/C16H22N4OS2.ClH/c1-22-9-6-12(17)15(21)18-11-4-5-13-14(10-11)23-16(19-13)20-7-2-3-8-20;/h4-5,10,12H,2-3,6-9,17H2,1H3,(H,18,21);1H. The molecule has 1 fully saturated rings. The average molecular weight is 387 g/mol. The number of nitrogens with one attached hydrogen (secondary N) is 1. The molecule has 2 heterocycles. The van der Waals surface area contributed by atoms with Gasteiger partial charge >= 0.3 is 0 Å². The fraction of sp³-hybridized carbons (Fsp3) is 0.500. The van der Waals surface area contributed by atoms with Gasteiger partial charge in [0.05, 0.1) is 16.3 Å². The number of thiazole rings is 1. The molecule has 0 bridgehead atoms. The van der Waals surface area contributed by atoms with Crippen LogP contribution in [0.1, 0.15) is 19.3 Å². The van der Waals surface area contributed by atoms with Gasteiger partial charge in [-0.25, -0.2) is 4.98 Å². The summed E-state index contributed by atoms with van der Waals surface area (Å²) in [6, 6.07) is 5.40. The van der Waals surface area contributed by atoms with Crippen molar-refractivity contribution >= 4 is 62.4 Å². The Balaban J connectivity index is 0.00000208. The molecule has 1 aromatic carbocycles. The second-order valence-electron chi connectivity index (χ2n) is 5.75. The van der Waals surface area contributed by atoms with Gasteiger partial charge in [0.15, 0.2) is 5.13 Å². The second-order valence-corrected chi connectivity index (χ2v) is 7.75. The number of hydrogen-bond donors (Lipinski definition) is 2. The molecule has 5 nitrogen and oxygen atoms in total. The summed E-state index contributed by atoms with van der Waals surface area (Å²) in [6.45, 7) is 2.18. The smallest absolute Gasteiger partial charge is 0.241 e. The first kappa shape index (κ1) is 19.3. The predicted molar refractivity (Wildman–Crippen MR) is 108 cm³/mol. The highest BCUT2D eigenvalue weighted by Gasteiger charge is 2.17. The minimum Gasteiger partial charge on any atom is -0.348 e. The zero-order valence-corrected chi connectivity index (χ0v) is 16.1. The molecule has 0 saturated carbocycles. The van der Waals surface area contributed by atoms with E-state index in [2.05, 4.69) is 10.2 Å². The molecule has 0 spiro atoms. The predicted octanol–water partition coefficient (Wildman–Crippen LogP) is 3.34. The Hall–Kier alpha value is -1.02. The quantitative estimate of drug-likeness (QED) is 0.796. The van der Waals surface area contributed by atoms with Crippen LogP contribution in [0.5, 0.6) is 0 Å². The van der Waals surface area contributed by atoms with Gasteiger partial charge in [-0.05, 0) is 49.5 Å². The summed E-state index contributed by atoms with van der Waals surface area (Å²) in [5.74, 6) is 0.768. The van der Waals surface area contributed by atoms with Gasteiger partial charge < -0.3 is 16.0 Å². The normalized spacial score (nSPS) is 15.3. The van der Waals surface area contributed by atoms with Crippen molar-refractivity contribution in [1.82, 2.24) is 4.98 Å². The molecule has 1 aliphatic heterocycles. The molecular formula is C16H23ClN4OS2. The fourth-order valence-electron chi connectivity index (χ4n) is 2.64. The van der Waals surface area contributed by atoms with E-state index < -0.39 is 6.04 Å². The van der Waals surface area contributed by atoms with Gasteiger partial charge in [-0.3, -0.25) is 4.79 Å². The maximum Gasteiger partial charge on any atom is 0.241 e. The highest BCUT2D eigenvalue weighted by Crippen LogP contribution is 2.32. The summed E-state index contributed by atoms with van der Waals surface area (Å²) in [7, 11) is 0. The molecule has 8 heteroatoms. The Labute approximate surface area is 156 Å². The van der Waals surface area contributed by atoms with E-state index in [-0.39, 0.29) is 18.3 Å². The molecule has 2 aromatic rings. The highest BCUT2D eigenvalue weighted by atomic mass is 35.5. The Morgan fingerprint density at radius 3 is 2.92 bits per heavy atom. The molecule has 1 atom stereocenters. The molecule has 1 aromatic heterocycles. The van der Waals surface area contributed by atoms with Crippen molar-refractivity contribution in [2.24, 2.45) is 5.73 Å². The maximum atomic E-state index is 12.1. The van der Waals surface area contributed by atoms with Crippen molar-refractivity contribution in [1.29, 1.82) is 0 Å². The lowest BCUT2D eigenvalue weighted by molar-refractivity contribution is -0.117. The largest absolute Gasteiger partial charge is 0.348 e. The number of carbonyl (C=O) groups is 1. The van der Waals surface area contributed by atoms with Crippen molar-refractivity contribution in [2.45, 2.75) is 25.3 Å². The third-order valence-electron chi connectivity index (χ3n) is 3.99. The van der Waals surface area contributed by atoms with Crippen LogP contribution in [0.2, 0.25) is 0 Å². The average Bonchev–Trinajstić information content (AvgIpc) is 3.20. The summed E-state index contributed by atoms with van der Waals surface area (Å²) in [5.41, 5.74) is 7.69. The molecule has 3 rings (SSSR count). The Kier molecular flexibility index (Phi) is 7.16. The summed E-state index contributed by atoms with van der Waals surface area (Å²) in [5, 5.41) is 3.99. The van der Waals surface area contributed by atoms with Gasteiger partial charge in [-0.1, -0.05) is 11.3 Å². The zero-order valence-electron chi connectivity index (χ0n) is 13.7. The van der Waals surface area contributed by atoms with Crippen LogP contribution in [0.15, 0.2) is 18.2 Å². The number of halogens is 1. The number of nitrogens with zero attached hydrogens (tertiary/aromatic N) is 2. The number of anilines is 2. The van der Waals surface area contributed by atoms with E-state index in [1.54, 1.807) is 23.1 Å². The van der Waals surface area contributed by atoms with Crippen molar-refractivity contribution < 1.29 is 4.79 Å². The van der Waals surface area contributed by atoms with Crippen LogP contribution < -0.4 is 16.0 Å². The van der Waals surface area contributed by atoms with Crippen LogP contribution in [0, 0.1) is 0 Å². The monoisotopic (exact) mass is 386 g/mol. The number of nitrogens with two attached hydrogens (primary N) is 1. The Morgan fingerprint density at radius 2 is 2.21 bits per heavy atom. The first-order chi connectivity index (χ1) is 11.2. The van der Waals surface area contributed by atoms with Gasteiger partial charge in [0.1, 0.15) is 0 Å². The van der Waals surface area contributed by atoms with Crippen molar-refractivity contribution in [2.75, 3.05) is 35.3 Å². The summed E-state index contributed by atoms with van der Waals surface area (Å²) >= 11 is 3.39. The molecule has 1 amide bonds. The second kappa shape index (κ2) is 8.89. The van der Waals surface area contributed by atoms with E-state index >= 15 is 0 Å². The van der Waals surface area contributed by atoms with Gasteiger partial charge in [-0.15, -0.1) is 12.4 Å². The lowest BCUT2D eigenvalue weighted by Crippen LogP contribution is -2.36. The number of amides is 1. The van der Waals surface area contributed by atoms with E-state index in [9.17, 15) is 4.79 Å². The van der Waals surface area contributed by atoms with E-state index in [0.29, 0.717) is 6.42 Å². The topological polar surface area (TPSA) is 71.2 Å². The minimum absolute atomic E-state index is 0. The highest BCUT2D eigenvalue weighted by molar-refractivity contribution is 7.98. The maximum absolute atomic E-state index is 12.1. The molecular weight excluding hydrogens is 364 g/mol. The molecule has 1 unspecified atom stereocenters. The lowest BCUT2D eigenvalue weighted by atomic mass is 10.2. The summed E-state index contributed by atoms with van der Waals surface area (Å²) < 4.78 is 1.10. The van der Waals surface area contributed by atoms with Gasteiger partial charge in [0, 0.05) is 18.8 Å². The van der Waals surface area contributed by atoms with E-state index in [0.717, 1.165) is 39.9 Å². The minimum atomic E-state index is -0.459. The third kappa shape index (κ3) is 4.53. The molecule has 1 aliphatic rings. The third-order valence-corrected chi connectivity index (χ3v) is 5.71. The number of hydrogen-bond acceptors (Lipinski definition) is 6. The first-order valence-corrected chi connectivity index (χ1v) is 10.1. The number of fused-ring (bicyclic) bond motifs is 1. The SMILES string of the molecule is CSCCC(N)C(=O)Nc1ccc2nc(N3CCCC3)sc2c1.Cl. The molecule has 24 heavy (non-hydrogen) atoms. The fourth-order valence-corrected chi connectivity index (χ4v) is 4.19. The van der Waals surface area contributed by atoms with Crippen molar-refractivity contribution in [3.8, 4) is 0 Å². The number of aromatic nitrogens is 1. The Morgan fingerprint density at radius 1 is 1.46 bits per heavy atom. The molecule has 3 N–H and O–H groups in total.